The Bertz CT molecular complexity index is 647. The van der Waals surface area contributed by atoms with Gasteiger partial charge in [0.2, 0.25) is 0 Å². The van der Waals surface area contributed by atoms with Crippen molar-refractivity contribution in [3.63, 3.8) is 0 Å². The second-order valence-corrected chi connectivity index (χ2v) is 11.6. The zero-order chi connectivity index (χ0) is 29.0. The fourth-order valence-electron chi connectivity index (χ4n) is 4.03. The summed E-state index contributed by atoms with van der Waals surface area (Å²) in [7, 11) is 4.02. The third-order valence-electron chi connectivity index (χ3n) is 6.43. The van der Waals surface area contributed by atoms with E-state index in [4.69, 9.17) is 4.74 Å². The lowest BCUT2D eigenvalue weighted by atomic mass is 10.1. The molecule has 0 N–H and O–H groups in total. The third kappa shape index (κ3) is 25.1. The summed E-state index contributed by atoms with van der Waals surface area (Å²) in [5.41, 5.74) is 0. The molecule has 226 valence electrons. The molecule has 1 amide bonds. The summed E-state index contributed by atoms with van der Waals surface area (Å²) in [6.07, 6.45) is 24.3. The molecular formula is C32H58N2O4S. The number of nitrogens with zero attached hydrogens (tertiary/aromatic N) is 2. The molecule has 0 bridgehead atoms. The molecule has 0 aromatic rings. The number of carbonyl (C=O) groups excluding carboxylic acids is 3. The van der Waals surface area contributed by atoms with Gasteiger partial charge in [0.15, 0.2) is 0 Å². The lowest BCUT2D eigenvalue weighted by Gasteiger charge is -2.22. The van der Waals surface area contributed by atoms with Crippen molar-refractivity contribution in [2.75, 3.05) is 39.5 Å². The number of amides is 1. The molecule has 0 rings (SSSR count). The van der Waals surface area contributed by atoms with Crippen LogP contribution >= 0.6 is 11.8 Å². The molecule has 0 fully saturated rings. The minimum Gasteiger partial charge on any atom is -0.462 e. The Kier molecular flexibility index (Phi) is 26.8. The van der Waals surface area contributed by atoms with Gasteiger partial charge in [0.1, 0.15) is 12.4 Å². The second-order valence-electron chi connectivity index (χ2n) is 10.5. The Morgan fingerprint density at radius 2 is 1.31 bits per heavy atom. The van der Waals surface area contributed by atoms with Crippen LogP contribution in [0.2, 0.25) is 0 Å². The fraction of sp³-hybridized carbons (Fsp3) is 0.781. The number of rotatable bonds is 26. The number of ether oxygens (including phenoxy) is 1. The van der Waals surface area contributed by atoms with Gasteiger partial charge in [0.05, 0.1) is 0 Å². The van der Waals surface area contributed by atoms with Gasteiger partial charge in [0, 0.05) is 38.2 Å². The van der Waals surface area contributed by atoms with Crippen molar-refractivity contribution in [3.05, 3.63) is 24.3 Å². The van der Waals surface area contributed by atoms with E-state index < -0.39 is 0 Å². The summed E-state index contributed by atoms with van der Waals surface area (Å²) < 4.78 is 5.88. The number of carbonyl (C=O) groups is 3. The summed E-state index contributed by atoms with van der Waals surface area (Å²) in [5.74, 6) is 0.681. The Hall–Kier alpha value is -1.60. The summed E-state index contributed by atoms with van der Waals surface area (Å²) >= 11 is 1.38. The fourth-order valence-corrected chi connectivity index (χ4v) is 5.03. The molecule has 0 aliphatic heterocycles. The number of hydrogen-bond donors (Lipinski definition) is 0. The van der Waals surface area contributed by atoms with Crippen molar-refractivity contribution in [1.82, 2.24) is 9.80 Å². The highest BCUT2D eigenvalue weighted by molar-refractivity contribution is 8.13. The first-order chi connectivity index (χ1) is 18.9. The highest BCUT2D eigenvalue weighted by atomic mass is 32.2. The predicted molar refractivity (Wildman–Crippen MR) is 167 cm³/mol. The average molecular weight is 567 g/mol. The number of thioether (sulfide) groups is 1. The van der Waals surface area contributed by atoms with Crippen molar-refractivity contribution < 1.29 is 19.1 Å². The smallest absolute Gasteiger partial charge is 0.306 e. The van der Waals surface area contributed by atoms with Gasteiger partial charge in [-0.2, -0.15) is 0 Å². The molecule has 0 atom stereocenters. The van der Waals surface area contributed by atoms with Crippen LogP contribution in [0.5, 0.6) is 0 Å². The van der Waals surface area contributed by atoms with E-state index >= 15 is 0 Å². The standard InChI is InChI=1S/C32H58N2O4S/c1-5-7-9-11-16-22-30(23-17-12-10-8-6-2)38-31(36)24-18-15-20-26-34(25-19-13-14-21-28-35)32(37)39-29-27-33(3)4/h9-12,28,30H,5-8,13-27,29H2,1-4H3/b11-9+,12-10+. The maximum absolute atomic E-state index is 12.8. The van der Waals surface area contributed by atoms with Gasteiger partial charge in [-0.25, -0.2) is 0 Å². The maximum Gasteiger partial charge on any atom is 0.306 e. The zero-order valence-corrected chi connectivity index (χ0v) is 26.4. The van der Waals surface area contributed by atoms with Crippen LogP contribution in [0.15, 0.2) is 24.3 Å². The van der Waals surface area contributed by atoms with Gasteiger partial charge < -0.3 is 19.3 Å². The molecule has 0 aromatic carbocycles. The SMILES string of the molecule is CCC/C=C/CCC(CC/C=C/CCC)OC(=O)CCCCCN(CCCCCC=O)C(=O)SCCN(C)C. The van der Waals surface area contributed by atoms with Crippen LogP contribution in [0.3, 0.4) is 0 Å². The minimum absolute atomic E-state index is 0.0263. The summed E-state index contributed by atoms with van der Waals surface area (Å²) in [4.78, 5) is 39.9. The Labute approximate surface area is 244 Å². The Morgan fingerprint density at radius 3 is 1.85 bits per heavy atom. The molecule has 0 aromatic heterocycles. The number of hydrogen-bond acceptors (Lipinski definition) is 6. The van der Waals surface area contributed by atoms with Crippen LogP contribution in [0.25, 0.3) is 0 Å². The molecule has 6 nitrogen and oxygen atoms in total. The maximum atomic E-state index is 12.8. The second kappa shape index (κ2) is 27.9. The Balaban J connectivity index is 4.52. The zero-order valence-electron chi connectivity index (χ0n) is 25.5. The van der Waals surface area contributed by atoms with Crippen LogP contribution in [0, 0.1) is 0 Å². The van der Waals surface area contributed by atoms with Crippen molar-refractivity contribution in [1.29, 1.82) is 0 Å². The van der Waals surface area contributed by atoms with Gasteiger partial charge in [0.25, 0.3) is 5.24 Å². The van der Waals surface area contributed by atoms with Gasteiger partial charge in [-0.3, -0.25) is 9.59 Å². The van der Waals surface area contributed by atoms with Crippen LogP contribution in [0.1, 0.15) is 117 Å². The molecule has 0 radical (unpaired) electrons. The van der Waals surface area contributed by atoms with Crippen molar-refractivity contribution in [2.45, 2.75) is 123 Å². The molecule has 39 heavy (non-hydrogen) atoms. The lowest BCUT2D eigenvalue weighted by Crippen LogP contribution is -2.30. The molecule has 0 spiro atoms. The molecule has 7 heteroatoms. The molecule has 0 heterocycles. The normalized spacial score (nSPS) is 11.7. The van der Waals surface area contributed by atoms with Crippen molar-refractivity contribution in [2.24, 2.45) is 0 Å². The van der Waals surface area contributed by atoms with E-state index in [9.17, 15) is 14.4 Å². The highest BCUT2D eigenvalue weighted by Gasteiger charge is 2.15. The van der Waals surface area contributed by atoms with Crippen LogP contribution in [0.4, 0.5) is 4.79 Å². The molecule has 0 aliphatic carbocycles. The largest absolute Gasteiger partial charge is 0.462 e. The van der Waals surface area contributed by atoms with Gasteiger partial charge in [-0.05, 0) is 78.3 Å². The summed E-state index contributed by atoms with van der Waals surface area (Å²) in [6.45, 7) is 6.67. The summed E-state index contributed by atoms with van der Waals surface area (Å²) in [5, 5.41) is 0.135. The van der Waals surface area contributed by atoms with E-state index in [1.165, 1.54) is 11.8 Å². The molecule has 0 aliphatic rings. The van der Waals surface area contributed by atoms with E-state index in [2.05, 4.69) is 43.1 Å². The molecule has 0 unspecified atom stereocenters. The first-order valence-corrected chi connectivity index (χ1v) is 16.4. The average Bonchev–Trinajstić information content (AvgIpc) is 2.90. The van der Waals surface area contributed by atoms with Gasteiger partial charge in [-0.15, -0.1) is 0 Å². The monoisotopic (exact) mass is 566 g/mol. The van der Waals surface area contributed by atoms with Gasteiger partial charge >= 0.3 is 5.97 Å². The topological polar surface area (TPSA) is 66.9 Å². The minimum atomic E-state index is -0.0996. The van der Waals surface area contributed by atoms with Crippen molar-refractivity contribution in [3.8, 4) is 0 Å². The molecule has 0 saturated carbocycles. The number of aldehydes is 1. The van der Waals surface area contributed by atoms with Crippen molar-refractivity contribution >= 4 is 29.3 Å². The van der Waals surface area contributed by atoms with E-state index in [0.717, 1.165) is 115 Å². The first kappa shape index (κ1) is 37.4. The number of esters is 1. The van der Waals surface area contributed by atoms with E-state index in [0.29, 0.717) is 19.4 Å². The van der Waals surface area contributed by atoms with E-state index in [1.54, 1.807) is 0 Å². The lowest BCUT2D eigenvalue weighted by molar-refractivity contribution is -0.149. The van der Waals surface area contributed by atoms with Crippen LogP contribution in [-0.2, 0) is 14.3 Å². The van der Waals surface area contributed by atoms with Crippen LogP contribution < -0.4 is 0 Å². The quantitative estimate of drug-likeness (QED) is 0.0455. The van der Waals surface area contributed by atoms with Crippen LogP contribution in [-0.4, -0.2) is 72.9 Å². The van der Waals surface area contributed by atoms with E-state index in [1.807, 2.05) is 19.0 Å². The third-order valence-corrected chi connectivity index (χ3v) is 7.33. The first-order valence-electron chi connectivity index (χ1n) is 15.4. The summed E-state index contributed by atoms with van der Waals surface area (Å²) in [6, 6.07) is 0. The highest BCUT2D eigenvalue weighted by Crippen LogP contribution is 2.16. The van der Waals surface area contributed by atoms with E-state index in [-0.39, 0.29) is 17.3 Å². The molecular weight excluding hydrogens is 508 g/mol. The Morgan fingerprint density at radius 1 is 0.744 bits per heavy atom. The van der Waals surface area contributed by atoms with Gasteiger partial charge in [-0.1, -0.05) is 75.6 Å². The number of unbranched alkanes of at least 4 members (excludes halogenated alkanes) is 7. The number of allylic oxidation sites excluding steroid dienone is 4. The molecule has 0 saturated heterocycles. The predicted octanol–water partition coefficient (Wildman–Crippen LogP) is 8.21.